The highest BCUT2D eigenvalue weighted by molar-refractivity contribution is 6.59. The minimum atomic E-state index is -4.53. The zero-order valence-electron chi connectivity index (χ0n) is 9.89. The van der Waals surface area contributed by atoms with Crippen molar-refractivity contribution < 1.29 is 23.2 Å². The number of rotatable bonds is 2. The molecule has 1 heterocycles. The van der Waals surface area contributed by atoms with E-state index in [0.29, 0.717) is 0 Å². The smallest absolute Gasteiger partial charge is 0.423 e. The number of aromatic nitrogens is 1. The minimum absolute atomic E-state index is 0.00300. The van der Waals surface area contributed by atoms with Crippen LogP contribution in [0.1, 0.15) is 5.56 Å². The molecule has 1 aromatic heterocycles. The maximum Gasteiger partial charge on any atom is 0.490 e. The van der Waals surface area contributed by atoms with E-state index in [0.717, 1.165) is 12.3 Å². The lowest BCUT2D eigenvalue weighted by atomic mass is 9.81. The predicted octanol–water partition coefficient (Wildman–Crippen LogP) is 2.10. The van der Waals surface area contributed by atoms with Crippen LogP contribution in [-0.4, -0.2) is 22.2 Å². The molecule has 0 unspecified atom stereocenters. The Kier molecular flexibility index (Phi) is 4.03. The van der Waals surface area contributed by atoms with E-state index in [1.54, 1.807) is 0 Å². The number of nitrogens with zero attached hydrogens (tertiary/aromatic N) is 1. The van der Waals surface area contributed by atoms with Gasteiger partial charge in [0.05, 0.1) is 16.3 Å². The van der Waals surface area contributed by atoms with Gasteiger partial charge in [-0.1, -0.05) is 29.8 Å². The zero-order chi connectivity index (χ0) is 14.9. The molecular weight excluding hydrogens is 293 g/mol. The molecule has 2 N–H and O–H groups in total. The van der Waals surface area contributed by atoms with Crippen LogP contribution in [0.15, 0.2) is 36.5 Å². The van der Waals surface area contributed by atoms with Gasteiger partial charge in [-0.2, -0.15) is 13.2 Å². The maximum atomic E-state index is 12.9. The van der Waals surface area contributed by atoms with E-state index in [2.05, 4.69) is 4.98 Å². The molecule has 2 aromatic rings. The largest absolute Gasteiger partial charge is 0.490 e. The van der Waals surface area contributed by atoms with Crippen molar-refractivity contribution in [3.8, 4) is 11.3 Å². The summed E-state index contributed by atoms with van der Waals surface area (Å²) in [6.07, 6.45) is -3.46. The highest BCUT2D eigenvalue weighted by atomic mass is 35.5. The number of hydrogen-bond donors (Lipinski definition) is 2. The van der Waals surface area contributed by atoms with Crippen LogP contribution >= 0.6 is 11.6 Å². The molecule has 0 spiro atoms. The summed E-state index contributed by atoms with van der Waals surface area (Å²) >= 11 is 5.88. The predicted molar refractivity (Wildman–Crippen MR) is 69.5 cm³/mol. The van der Waals surface area contributed by atoms with Gasteiger partial charge in [-0.3, -0.25) is 4.98 Å². The molecule has 0 radical (unpaired) electrons. The van der Waals surface area contributed by atoms with Crippen LogP contribution in [0.2, 0.25) is 5.02 Å². The quantitative estimate of drug-likeness (QED) is 0.835. The van der Waals surface area contributed by atoms with Crippen molar-refractivity contribution in [3.63, 3.8) is 0 Å². The van der Waals surface area contributed by atoms with Crippen LogP contribution in [0.5, 0.6) is 0 Å². The normalized spacial score (nSPS) is 11.5. The van der Waals surface area contributed by atoms with Crippen LogP contribution in [0, 0.1) is 0 Å². The third kappa shape index (κ3) is 2.95. The van der Waals surface area contributed by atoms with Crippen molar-refractivity contribution in [3.05, 3.63) is 47.1 Å². The molecule has 0 atom stereocenters. The number of alkyl halides is 3. The van der Waals surface area contributed by atoms with Crippen LogP contribution in [0.3, 0.4) is 0 Å². The monoisotopic (exact) mass is 301 g/mol. The maximum absolute atomic E-state index is 12.9. The fraction of sp³-hybridized carbons (Fsp3) is 0.0833. The molecular formula is C12H8BClF3NO2. The lowest BCUT2D eigenvalue weighted by Gasteiger charge is -2.13. The van der Waals surface area contributed by atoms with E-state index < -0.39 is 18.9 Å². The number of benzene rings is 1. The van der Waals surface area contributed by atoms with Crippen LogP contribution in [0.4, 0.5) is 13.2 Å². The molecule has 0 bridgehead atoms. The third-order valence-corrected chi connectivity index (χ3v) is 2.94. The molecule has 104 valence electrons. The van der Waals surface area contributed by atoms with Crippen molar-refractivity contribution in [2.75, 3.05) is 0 Å². The highest BCUT2D eigenvalue weighted by Gasteiger charge is 2.34. The molecule has 0 saturated heterocycles. The number of hydrogen-bond acceptors (Lipinski definition) is 3. The Morgan fingerprint density at radius 1 is 1.15 bits per heavy atom. The molecule has 0 fully saturated rings. The van der Waals surface area contributed by atoms with Crippen LogP contribution in [0.25, 0.3) is 11.3 Å². The summed E-state index contributed by atoms with van der Waals surface area (Å²) in [6, 6.07) is 6.07. The lowest BCUT2D eigenvalue weighted by Crippen LogP contribution is -2.30. The Hall–Kier alpha value is -1.57. The van der Waals surface area contributed by atoms with Crippen LogP contribution in [-0.2, 0) is 6.18 Å². The van der Waals surface area contributed by atoms with Gasteiger partial charge in [-0.05, 0) is 12.1 Å². The van der Waals surface area contributed by atoms with Gasteiger partial charge in [0, 0.05) is 17.2 Å². The van der Waals surface area contributed by atoms with Gasteiger partial charge >= 0.3 is 13.3 Å². The summed E-state index contributed by atoms with van der Waals surface area (Å²) in [5, 5.41) is 17.9. The summed E-state index contributed by atoms with van der Waals surface area (Å²) in [6.45, 7) is 0. The van der Waals surface area contributed by atoms with Crippen molar-refractivity contribution in [1.29, 1.82) is 0 Å². The molecule has 0 aliphatic carbocycles. The van der Waals surface area contributed by atoms with Crippen molar-refractivity contribution >= 4 is 24.2 Å². The lowest BCUT2D eigenvalue weighted by molar-refractivity contribution is -0.137. The average Bonchev–Trinajstić information content (AvgIpc) is 2.37. The van der Waals surface area contributed by atoms with Gasteiger partial charge in [-0.25, -0.2) is 0 Å². The molecule has 0 amide bonds. The molecule has 8 heteroatoms. The Bertz CT molecular complexity index is 634. The Labute approximate surface area is 117 Å². The Balaban J connectivity index is 2.58. The highest BCUT2D eigenvalue weighted by Crippen LogP contribution is 2.37. The molecule has 20 heavy (non-hydrogen) atoms. The summed E-state index contributed by atoms with van der Waals surface area (Å²) in [7, 11) is -1.79. The second-order valence-corrected chi connectivity index (χ2v) is 4.42. The first-order valence-electron chi connectivity index (χ1n) is 5.49. The Morgan fingerprint density at radius 2 is 1.80 bits per heavy atom. The van der Waals surface area contributed by atoms with Gasteiger partial charge in [-0.15, -0.1) is 0 Å². The van der Waals surface area contributed by atoms with Crippen molar-refractivity contribution in [2.24, 2.45) is 0 Å². The zero-order valence-corrected chi connectivity index (χ0v) is 10.7. The van der Waals surface area contributed by atoms with Crippen LogP contribution < -0.4 is 5.46 Å². The molecule has 0 aliphatic rings. The second-order valence-electron chi connectivity index (χ2n) is 4.02. The second kappa shape index (κ2) is 5.44. The first-order valence-corrected chi connectivity index (χ1v) is 5.86. The molecule has 2 rings (SSSR count). The Morgan fingerprint density at radius 3 is 2.35 bits per heavy atom. The standard InChI is InChI=1S/C12H8BClF3NO2/c14-10-5-7(13(19)20)6-18-11(10)8-3-1-2-4-9(8)12(15,16)17/h1-6,19-20H. The van der Waals surface area contributed by atoms with E-state index in [9.17, 15) is 13.2 Å². The summed E-state index contributed by atoms with van der Waals surface area (Å²) < 4.78 is 38.8. The summed E-state index contributed by atoms with van der Waals surface area (Å²) in [5.74, 6) is 0. The third-order valence-electron chi connectivity index (χ3n) is 2.65. The molecule has 3 nitrogen and oxygen atoms in total. The van der Waals surface area contributed by atoms with Crippen molar-refractivity contribution in [2.45, 2.75) is 6.18 Å². The van der Waals surface area contributed by atoms with Gasteiger partial charge in [0.25, 0.3) is 0 Å². The number of pyridine rings is 1. The van der Waals surface area contributed by atoms with E-state index in [4.69, 9.17) is 21.6 Å². The average molecular weight is 301 g/mol. The fourth-order valence-electron chi connectivity index (χ4n) is 1.73. The molecule has 0 saturated carbocycles. The minimum Gasteiger partial charge on any atom is -0.423 e. The van der Waals surface area contributed by atoms with Gasteiger partial charge in [0.2, 0.25) is 0 Å². The number of halogens is 4. The van der Waals surface area contributed by atoms with E-state index in [1.165, 1.54) is 24.3 Å². The first-order chi connectivity index (χ1) is 9.30. The van der Waals surface area contributed by atoms with Gasteiger partial charge in [0.15, 0.2) is 0 Å². The fourth-order valence-corrected chi connectivity index (χ4v) is 2.01. The summed E-state index contributed by atoms with van der Waals surface area (Å²) in [4.78, 5) is 3.79. The van der Waals surface area contributed by atoms with E-state index in [1.807, 2.05) is 0 Å². The SMILES string of the molecule is OB(O)c1cnc(-c2ccccc2C(F)(F)F)c(Cl)c1. The van der Waals surface area contributed by atoms with E-state index >= 15 is 0 Å². The van der Waals surface area contributed by atoms with Gasteiger partial charge < -0.3 is 10.0 Å². The molecule has 1 aromatic carbocycles. The van der Waals surface area contributed by atoms with Gasteiger partial charge in [0.1, 0.15) is 0 Å². The molecule has 0 aliphatic heterocycles. The van der Waals surface area contributed by atoms with E-state index in [-0.39, 0.29) is 21.7 Å². The first kappa shape index (κ1) is 14.8. The van der Waals surface area contributed by atoms with Crippen molar-refractivity contribution in [1.82, 2.24) is 4.98 Å². The summed E-state index contributed by atoms with van der Waals surface area (Å²) in [5.41, 5.74) is -1.08. The topological polar surface area (TPSA) is 53.4 Å².